The zero-order chi connectivity index (χ0) is 14.0. The minimum absolute atomic E-state index is 0.223. The van der Waals surface area contributed by atoms with Crippen molar-refractivity contribution in [2.45, 2.75) is 46.6 Å². The minimum atomic E-state index is 0.223. The fraction of sp³-hybridized carbons (Fsp3) is 0.769. The number of anilines is 1. The van der Waals surface area contributed by atoms with Crippen molar-refractivity contribution in [2.75, 3.05) is 12.3 Å². The van der Waals surface area contributed by atoms with Gasteiger partial charge in [-0.2, -0.15) is 0 Å². The smallest absolute Gasteiger partial charge is 0.222 e. The van der Waals surface area contributed by atoms with E-state index < -0.39 is 0 Å². The molecule has 1 amide bonds. The van der Waals surface area contributed by atoms with Gasteiger partial charge in [-0.3, -0.25) is 4.79 Å². The second-order valence-electron chi connectivity index (χ2n) is 6.24. The van der Waals surface area contributed by atoms with Crippen LogP contribution in [-0.2, 0) is 11.3 Å². The van der Waals surface area contributed by atoms with Gasteiger partial charge in [-0.1, -0.05) is 32.1 Å². The van der Waals surface area contributed by atoms with Crippen molar-refractivity contribution in [1.82, 2.24) is 15.1 Å². The third-order valence-corrected chi connectivity index (χ3v) is 4.58. The Morgan fingerprint density at radius 2 is 2.11 bits per heavy atom. The summed E-state index contributed by atoms with van der Waals surface area (Å²) in [6, 6.07) is 0. The molecule has 1 aliphatic heterocycles. The van der Waals surface area contributed by atoms with E-state index in [2.05, 4.69) is 31.0 Å². The first-order valence-electron chi connectivity index (χ1n) is 6.72. The summed E-state index contributed by atoms with van der Waals surface area (Å²) in [7, 11) is 0. The first-order valence-corrected chi connectivity index (χ1v) is 7.53. The van der Waals surface area contributed by atoms with Crippen LogP contribution in [0.4, 0.5) is 5.13 Å². The van der Waals surface area contributed by atoms with E-state index in [4.69, 9.17) is 5.73 Å². The molecule has 0 aliphatic carbocycles. The summed E-state index contributed by atoms with van der Waals surface area (Å²) in [5.41, 5.74) is 5.84. The van der Waals surface area contributed by atoms with Gasteiger partial charge in [-0.25, -0.2) is 0 Å². The molecule has 1 atom stereocenters. The van der Waals surface area contributed by atoms with Crippen LogP contribution >= 0.6 is 11.3 Å². The van der Waals surface area contributed by atoms with Crippen molar-refractivity contribution in [1.29, 1.82) is 0 Å². The van der Waals surface area contributed by atoms with Crippen LogP contribution in [0.15, 0.2) is 0 Å². The van der Waals surface area contributed by atoms with E-state index in [1.54, 1.807) is 0 Å². The largest absolute Gasteiger partial charge is 0.374 e. The van der Waals surface area contributed by atoms with Gasteiger partial charge in [0.2, 0.25) is 11.0 Å². The average molecular weight is 282 g/mol. The molecule has 0 bridgehead atoms. The number of carbonyl (C=O) groups is 1. The molecular formula is C13H22N4OS. The van der Waals surface area contributed by atoms with Gasteiger partial charge < -0.3 is 10.6 Å². The number of hydrogen-bond donors (Lipinski definition) is 1. The number of likely N-dealkylation sites (tertiary alicyclic amines) is 1. The summed E-state index contributed by atoms with van der Waals surface area (Å²) < 4.78 is 0. The monoisotopic (exact) mass is 282 g/mol. The van der Waals surface area contributed by atoms with Crippen molar-refractivity contribution < 1.29 is 4.79 Å². The zero-order valence-corrected chi connectivity index (χ0v) is 12.7. The van der Waals surface area contributed by atoms with Crippen molar-refractivity contribution >= 4 is 22.4 Å². The van der Waals surface area contributed by atoms with Gasteiger partial charge in [-0.15, -0.1) is 10.2 Å². The number of carbonyl (C=O) groups excluding carboxylic acids is 1. The Balaban J connectivity index is 2.00. The molecule has 106 valence electrons. The average Bonchev–Trinajstić information content (AvgIpc) is 2.61. The molecule has 19 heavy (non-hydrogen) atoms. The van der Waals surface area contributed by atoms with E-state index in [9.17, 15) is 4.79 Å². The Labute approximate surface area is 118 Å². The normalized spacial score (nSPS) is 21.5. The predicted octanol–water partition coefficient (Wildman–Crippen LogP) is 2.30. The Kier molecular flexibility index (Phi) is 4.08. The highest BCUT2D eigenvalue weighted by atomic mass is 32.1. The number of rotatable bonds is 2. The van der Waals surface area contributed by atoms with Crippen molar-refractivity contribution in [3.8, 4) is 0 Å². The number of nitrogens with zero attached hydrogens (tertiary/aromatic N) is 3. The fourth-order valence-corrected chi connectivity index (χ4v) is 3.19. The first-order chi connectivity index (χ1) is 8.86. The van der Waals surface area contributed by atoms with Gasteiger partial charge in [0.25, 0.3) is 0 Å². The van der Waals surface area contributed by atoms with Crippen molar-refractivity contribution in [2.24, 2.45) is 11.3 Å². The lowest BCUT2D eigenvalue weighted by molar-refractivity contribution is -0.131. The molecule has 2 heterocycles. The second-order valence-corrected chi connectivity index (χ2v) is 7.33. The maximum atomic E-state index is 12.1. The summed E-state index contributed by atoms with van der Waals surface area (Å²) in [5, 5.41) is 9.07. The van der Waals surface area contributed by atoms with Crippen LogP contribution in [0.2, 0.25) is 0 Å². The third kappa shape index (κ3) is 3.65. The summed E-state index contributed by atoms with van der Waals surface area (Å²) in [5.74, 6) is 0.821. The molecule has 5 nitrogen and oxygen atoms in total. The van der Waals surface area contributed by atoms with Crippen LogP contribution in [0, 0.1) is 11.3 Å². The summed E-state index contributed by atoms with van der Waals surface area (Å²) in [4.78, 5) is 14.0. The Bertz CT molecular complexity index is 452. The molecule has 0 radical (unpaired) electrons. The Morgan fingerprint density at radius 3 is 2.68 bits per heavy atom. The maximum Gasteiger partial charge on any atom is 0.222 e. The SMILES string of the molecule is CC(C)(C)C1CCC(=O)N(Cc2nnc(N)s2)CC1. The van der Waals surface area contributed by atoms with Crippen LogP contribution in [0.1, 0.15) is 45.0 Å². The Hall–Kier alpha value is -1.17. The van der Waals surface area contributed by atoms with Gasteiger partial charge in [0.1, 0.15) is 5.01 Å². The van der Waals surface area contributed by atoms with Crippen molar-refractivity contribution in [3.63, 3.8) is 0 Å². The molecule has 1 aliphatic rings. The summed E-state index contributed by atoms with van der Waals surface area (Å²) in [6.07, 6.45) is 2.68. The molecular weight excluding hydrogens is 260 g/mol. The first kappa shape index (κ1) is 14.2. The molecule has 2 N–H and O–H groups in total. The third-order valence-electron chi connectivity index (χ3n) is 3.84. The lowest BCUT2D eigenvalue weighted by Gasteiger charge is -2.29. The van der Waals surface area contributed by atoms with Crippen LogP contribution in [0.5, 0.6) is 0 Å². The van der Waals surface area contributed by atoms with Gasteiger partial charge in [0, 0.05) is 13.0 Å². The number of hydrogen-bond acceptors (Lipinski definition) is 5. The number of amides is 1. The highest BCUT2D eigenvalue weighted by Crippen LogP contribution is 2.34. The van der Waals surface area contributed by atoms with Crippen LogP contribution in [0.25, 0.3) is 0 Å². The quantitative estimate of drug-likeness (QED) is 0.903. The lowest BCUT2D eigenvalue weighted by atomic mass is 9.77. The standard InChI is InChI=1S/C13H22N4OS/c1-13(2,3)9-4-5-11(18)17(7-6-9)8-10-15-16-12(14)19-10/h9H,4-8H2,1-3H3,(H2,14,16). The zero-order valence-electron chi connectivity index (χ0n) is 11.8. The topological polar surface area (TPSA) is 72.1 Å². The molecule has 2 rings (SSSR count). The van der Waals surface area contributed by atoms with E-state index in [0.717, 1.165) is 24.4 Å². The Morgan fingerprint density at radius 1 is 1.37 bits per heavy atom. The minimum Gasteiger partial charge on any atom is -0.374 e. The number of nitrogen functional groups attached to an aromatic ring is 1. The van der Waals surface area contributed by atoms with Gasteiger partial charge in [0.15, 0.2) is 0 Å². The highest BCUT2D eigenvalue weighted by Gasteiger charge is 2.30. The fourth-order valence-electron chi connectivity index (χ4n) is 2.56. The van der Waals surface area contributed by atoms with Crippen LogP contribution in [0.3, 0.4) is 0 Å². The second kappa shape index (κ2) is 5.45. The van der Waals surface area contributed by atoms with Crippen LogP contribution < -0.4 is 5.73 Å². The number of aromatic nitrogens is 2. The van der Waals surface area contributed by atoms with Crippen LogP contribution in [-0.4, -0.2) is 27.5 Å². The highest BCUT2D eigenvalue weighted by molar-refractivity contribution is 7.15. The van der Waals surface area contributed by atoms with Gasteiger partial charge in [-0.05, 0) is 24.2 Å². The molecule has 0 saturated carbocycles. The molecule has 0 aromatic carbocycles. The van der Waals surface area contributed by atoms with Gasteiger partial charge >= 0.3 is 0 Å². The molecule has 1 aromatic rings. The van der Waals surface area contributed by atoms with E-state index in [-0.39, 0.29) is 11.3 Å². The number of nitrogens with two attached hydrogens (primary N) is 1. The van der Waals surface area contributed by atoms with Gasteiger partial charge in [0.05, 0.1) is 6.54 Å². The lowest BCUT2D eigenvalue weighted by Crippen LogP contribution is -2.30. The molecule has 1 saturated heterocycles. The molecule has 1 aromatic heterocycles. The molecule has 1 fully saturated rings. The summed E-state index contributed by atoms with van der Waals surface area (Å²) >= 11 is 1.36. The van der Waals surface area contributed by atoms with E-state index in [0.29, 0.717) is 24.0 Å². The molecule has 6 heteroatoms. The predicted molar refractivity (Wildman–Crippen MR) is 76.5 cm³/mol. The molecule has 0 spiro atoms. The van der Waals surface area contributed by atoms with E-state index in [1.165, 1.54) is 11.3 Å². The maximum absolute atomic E-state index is 12.1. The van der Waals surface area contributed by atoms with E-state index >= 15 is 0 Å². The molecule has 1 unspecified atom stereocenters. The van der Waals surface area contributed by atoms with Crippen molar-refractivity contribution in [3.05, 3.63) is 5.01 Å². The summed E-state index contributed by atoms with van der Waals surface area (Å²) in [6.45, 7) is 8.11. The van der Waals surface area contributed by atoms with E-state index in [1.807, 2.05) is 4.90 Å².